The number of carbonyl (C=O) groups is 1. The first-order valence-electron chi connectivity index (χ1n) is 6.20. The van der Waals surface area contributed by atoms with Crippen molar-refractivity contribution in [3.05, 3.63) is 10.6 Å². The molecule has 1 aliphatic heterocycles. The fourth-order valence-electron chi connectivity index (χ4n) is 2.20. The van der Waals surface area contributed by atoms with Crippen LogP contribution in [0.2, 0.25) is 0 Å². The van der Waals surface area contributed by atoms with Crippen LogP contribution in [0.15, 0.2) is 0 Å². The van der Waals surface area contributed by atoms with Gasteiger partial charge in [-0.1, -0.05) is 0 Å². The Bertz CT molecular complexity index is 493. The molecule has 0 saturated carbocycles. The topological polar surface area (TPSA) is 42.4 Å². The van der Waals surface area contributed by atoms with Crippen molar-refractivity contribution in [2.75, 3.05) is 25.1 Å². The van der Waals surface area contributed by atoms with Crippen LogP contribution in [0.3, 0.4) is 0 Å². The zero-order valence-electron chi connectivity index (χ0n) is 11.2. The number of rotatable bonds is 2. The van der Waals surface area contributed by atoms with E-state index in [1.165, 1.54) is 18.4 Å². The highest BCUT2D eigenvalue weighted by atomic mass is 32.1. The van der Waals surface area contributed by atoms with Crippen LogP contribution in [0, 0.1) is 12.8 Å². The Kier molecular flexibility index (Phi) is 4.22. The number of anilines is 1. The summed E-state index contributed by atoms with van der Waals surface area (Å²) < 4.78 is 42.4. The van der Waals surface area contributed by atoms with Crippen molar-refractivity contribution in [3.63, 3.8) is 0 Å². The highest BCUT2D eigenvalue weighted by molar-refractivity contribution is 7.15. The Morgan fingerprint density at radius 3 is 2.50 bits per heavy atom. The van der Waals surface area contributed by atoms with Crippen molar-refractivity contribution in [1.29, 1.82) is 0 Å². The Morgan fingerprint density at radius 2 is 2.00 bits per heavy atom. The molecule has 20 heavy (non-hydrogen) atoms. The SMILES string of the molecule is COC(=O)c1nc(N2CCC(C(F)(F)F)CC2)sc1C. The van der Waals surface area contributed by atoms with Crippen molar-refractivity contribution in [1.82, 2.24) is 4.98 Å². The number of alkyl halides is 3. The second-order valence-corrected chi connectivity index (χ2v) is 5.88. The van der Waals surface area contributed by atoms with Crippen molar-refractivity contribution in [2.45, 2.75) is 25.9 Å². The third-order valence-corrected chi connectivity index (χ3v) is 4.42. The lowest BCUT2D eigenvalue weighted by molar-refractivity contribution is -0.179. The summed E-state index contributed by atoms with van der Waals surface area (Å²) in [4.78, 5) is 18.2. The minimum Gasteiger partial charge on any atom is -0.464 e. The molecule has 112 valence electrons. The van der Waals surface area contributed by atoms with Gasteiger partial charge in [0, 0.05) is 18.0 Å². The molecular weight excluding hydrogens is 293 g/mol. The Balaban J connectivity index is 2.06. The van der Waals surface area contributed by atoms with Crippen LogP contribution in [0.5, 0.6) is 0 Å². The summed E-state index contributed by atoms with van der Waals surface area (Å²) in [5, 5.41) is 0.587. The Morgan fingerprint density at radius 1 is 1.40 bits per heavy atom. The van der Waals surface area contributed by atoms with Crippen LogP contribution in [-0.4, -0.2) is 37.3 Å². The average molecular weight is 308 g/mol. The Hall–Kier alpha value is -1.31. The number of piperidine rings is 1. The van der Waals surface area contributed by atoms with Gasteiger partial charge in [0.2, 0.25) is 0 Å². The van der Waals surface area contributed by atoms with E-state index in [2.05, 4.69) is 9.72 Å². The van der Waals surface area contributed by atoms with Crippen LogP contribution in [-0.2, 0) is 4.74 Å². The highest BCUT2D eigenvalue weighted by Gasteiger charge is 2.41. The van der Waals surface area contributed by atoms with Gasteiger partial charge in [-0.05, 0) is 19.8 Å². The van der Waals surface area contributed by atoms with E-state index in [0.29, 0.717) is 23.1 Å². The molecular formula is C12H15F3N2O2S. The van der Waals surface area contributed by atoms with E-state index in [1.807, 2.05) is 0 Å². The quantitative estimate of drug-likeness (QED) is 0.788. The van der Waals surface area contributed by atoms with E-state index in [0.717, 1.165) is 0 Å². The molecule has 1 aromatic rings. The molecule has 1 saturated heterocycles. The number of hydrogen-bond acceptors (Lipinski definition) is 5. The number of ether oxygens (including phenoxy) is 1. The molecule has 2 rings (SSSR count). The minimum absolute atomic E-state index is 0.0652. The number of halogens is 3. The fraction of sp³-hybridized carbons (Fsp3) is 0.667. The van der Waals surface area contributed by atoms with Gasteiger partial charge in [0.25, 0.3) is 0 Å². The van der Waals surface area contributed by atoms with E-state index in [-0.39, 0.29) is 18.5 Å². The number of carbonyl (C=O) groups excluding carboxylic acids is 1. The molecule has 1 aliphatic rings. The van der Waals surface area contributed by atoms with Gasteiger partial charge in [-0.2, -0.15) is 13.2 Å². The van der Waals surface area contributed by atoms with Crippen LogP contribution < -0.4 is 4.90 Å². The van der Waals surface area contributed by atoms with Crippen molar-refractivity contribution < 1.29 is 22.7 Å². The lowest BCUT2D eigenvalue weighted by Crippen LogP contribution is -2.39. The monoisotopic (exact) mass is 308 g/mol. The summed E-state index contributed by atoms with van der Waals surface area (Å²) in [5.74, 6) is -1.75. The highest BCUT2D eigenvalue weighted by Crippen LogP contribution is 2.36. The molecule has 0 unspecified atom stereocenters. The maximum atomic E-state index is 12.6. The number of esters is 1. The van der Waals surface area contributed by atoms with Crippen molar-refractivity contribution in [3.8, 4) is 0 Å². The molecule has 4 nitrogen and oxygen atoms in total. The standard InChI is InChI=1S/C12H15F3N2O2S/c1-7-9(10(18)19-2)16-11(20-7)17-5-3-8(4-6-17)12(13,14)15/h8H,3-6H2,1-2H3. The van der Waals surface area contributed by atoms with Gasteiger partial charge in [0.15, 0.2) is 10.8 Å². The summed E-state index contributed by atoms with van der Waals surface area (Å²) in [6.07, 6.45) is -3.99. The zero-order valence-corrected chi connectivity index (χ0v) is 12.0. The normalized spacial score (nSPS) is 17.4. The summed E-state index contributed by atoms with van der Waals surface area (Å²) >= 11 is 1.31. The third-order valence-electron chi connectivity index (χ3n) is 3.39. The predicted molar refractivity (Wildman–Crippen MR) is 69.2 cm³/mol. The molecule has 8 heteroatoms. The van der Waals surface area contributed by atoms with Gasteiger partial charge in [-0.3, -0.25) is 0 Å². The summed E-state index contributed by atoms with van der Waals surface area (Å²) in [5.41, 5.74) is 0.241. The number of aryl methyl sites for hydroxylation is 1. The second-order valence-electron chi connectivity index (χ2n) is 4.70. The zero-order chi connectivity index (χ0) is 14.9. The van der Waals surface area contributed by atoms with Crippen LogP contribution in [0.4, 0.5) is 18.3 Å². The fourth-order valence-corrected chi connectivity index (χ4v) is 3.15. The van der Waals surface area contributed by atoms with E-state index < -0.39 is 18.1 Å². The second kappa shape index (κ2) is 5.59. The molecule has 0 radical (unpaired) electrons. The summed E-state index contributed by atoms with van der Waals surface area (Å²) in [6, 6.07) is 0. The first kappa shape index (κ1) is 15.1. The van der Waals surface area contributed by atoms with Gasteiger partial charge in [0.05, 0.1) is 13.0 Å². The van der Waals surface area contributed by atoms with E-state index in [9.17, 15) is 18.0 Å². The summed E-state index contributed by atoms with van der Waals surface area (Å²) in [6.45, 7) is 2.35. The van der Waals surface area contributed by atoms with E-state index in [1.54, 1.807) is 11.8 Å². The molecule has 0 atom stereocenters. The van der Waals surface area contributed by atoms with Gasteiger partial charge in [-0.15, -0.1) is 11.3 Å². The maximum Gasteiger partial charge on any atom is 0.391 e. The summed E-state index contributed by atoms with van der Waals surface area (Å²) in [7, 11) is 1.27. The van der Waals surface area contributed by atoms with Crippen molar-refractivity contribution in [2.24, 2.45) is 5.92 Å². The number of aromatic nitrogens is 1. The smallest absolute Gasteiger partial charge is 0.391 e. The van der Waals surface area contributed by atoms with E-state index in [4.69, 9.17) is 0 Å². The van der Waals surface area contributed by atoms with Crippen LogP contribution in [0.1, 0.15) is 28.2 Å². The van der Waals surface area contributed by atoms with E-state index >= 15 is 0 Å². The van der Waals surface area contributed by atoms with Gasteiger partial charge >= 0.3 is 12.1 Å². The molecule has 0 N–H and O–H groups in total. The molecule has 0 aliphatic carbocycles. The lowest BCUT2D eigenvalue weighted by atomic mass is 9.97. The predicted octanol–water partition coefficient (Wildman–Crippen LogP) is 3.02. The maximum absolute atomic E-state index is 12.6. The molecule has 2 heterocycles. The molecule has 0 amide bonds. The average Bonchev–Trinajstić information content (AvgIpc) is 2.79. The largest absolute Gasteiger partial charge is 0.464 e. The molecule has 1 aromatic heterocycles. The van der Waals surface area contributed by atoms with Crippen molar-refractivity contribution >= 4 is 22.4 Å². The molecule has 1 fully saturated rings. The minimum atomic E-state index is -4.12. The van der Waals surface area contributed by atoms with Crippen LogP contribution >= 0.6 is 11.3 Å². The first-order valence-corrected chi connectivity index (χ1v) is 7.02. The molecule has 0 spiro atoms. The van der Waals surface area contributed by atoms with Crippen LogP contribution in [0.25, 0.3) is 0 Å². The first-order chi connectivity index (χ1) is 9.32. The lowest BCUT2D eigenvalue weighted by Gasteiger charge is -2.32. The number of thiazole rings is 1. The number of nitrogens with zero attached hydrogens (tertiary/aromatic N) is 2. The number of hydrogen-bond donors (Lipinski definition) is 0. The van der Waals surface area contributed by atoms with Gasteiger partial charge < -0.3 is 9.64 Å². The van der Waals surface area contributed by atoms with Gasteiger partial charge in [0.1, 0.15) is 0 Å². The van der Waals surface area contributed by atoms with Gasteiger partial charge in [-0.25, -0.2) is 9.78 Å². The third kappa shape index (κ3) is 3.05. The molecule has 0 bridgehead atoms. The number of methoxy groups -OCH3 is 1. The molecule has 0 aromatic carbocycles. The Labute approximate surface area is 118 Å².